The number of nitrogens with one attached hydrogen (secondary N) is 2. The summed E-state index contributed by atoms with van der Waals surface area (Å²) in [5.74, 6) is -0.472. The molecule has 1 heterocycles. The molecule has 20 heavy (non-hydrogen) atoms. The van der Waals surface area contributed by atoms with Gasteiger partial charge >= 0.3 is 5.69 Å². The van der Waals surface area contributed by atoms with Crippen LogP contribution in [0.25, 0.3) is 0 Å². The van der Waals surface area contributed by atoms with Crippen LogP contribution in [0.3, 0.4) is 0 Å². The van der Waals surface area contributed by atoms with E-state index in [0.717, 1.165) is 30.6 Å². The molecule has 2 aromatic rings. The van der Waals surface area contributed by atoms with Crippen LogP contribution in [0.15, 0.2) is 39.0 Å². The molecule has 102 valence electrons. The van der Waals surface area contributed by atoms with Crippen molar-refractivity contribution < 1.29 is 10.0 Å². The monoisotopic (exact) mass is 275 g/mol. The van der Waals surface area contributed by atoms with Crippen LogP contribution in [0.4, 0.5) is 11.4 Å². The Morgan fingerprint density at radius 3 is 2.70 bits per heavy atom. The van der Waals surface area contributed by atoms with E-state index in [4.69, 9.17) is 0 Å². The van der Waals surface area contributed by atoms with E-state index in [1.165, 1.54) is 0 Å². The molecule has 0 bridgehead atoms. The van der Waals surface area contributed by atoms with E-state index in [-0.39, 0.29) is 16.9 Å². The van der Waals surface area contributed by atoms with Gasteiger partial charge in [0.15, 0.2) is 0 Å². The zero-order chi connectivity index (χ0) is 14.7. The van der Waals surface area contributed by atoms with Crippen molar-refractivity contribution in [3.05, 3.63) is 60.9 Å². The molecule has 9 nitrogen and oxygen atoms in total. The number of hydrogen-bond donors (Lipinski definition) is 2. The summed E-state index contributed by atoms with van der Waals surface area (Å²) in [6.07, 6.45) is 2.09. The number of nitro benzene ring substituents is 1. The Labute approximate surface area is 110 Å². The fraction of sp³-hybridized carbons (Fsp3) is 0. The van der Waals surface area contributed by atoms with Gasteiger partial charge in [-0.1, -0.05) is 11.8 Å². The summed E-state index contributed by atoms with van der Waals surface area (Å²) in [5.41, 5.74) is -1.85. The summed E-state index contributed by atoms with van der Waals surface area (Å²) >= 11 is 0. The summed E-state index contributed by atoms with van der Waals surface area (Å²) < 4.78 is 0. The SMILES string of the molecule is O=c1[nH]cc(N=Cc2cc([N+](=O)[O-])ccc2[O-])c(=O)[nH]1. The minimum Gasteiger partial charge on any atom is -0.872 e. The molecule has 0 spiro atoms. The Morgan fingerprint density at radius 1 is 1.30 bits per heavy atom. The van der Waals surface area contributed by atoms with E-state index in [1.54, 1.807) is 0 Å². The highest BCUT2D eigenvalue weighted by atomic mass is 16.6. The van der Waals surface area contributed by atoms with Crippen molar-refractivity contribution >= 4 is 17.6 Å². The summed E-state index contributed by atoms with van der Waals surface area (Å²) in [7, 11) is 0. The maximum Gasteiger partial charge on any atom is 0.325 e. The van der Waals surface area contributed by atoms with E-state index in [1.807, 2.05) is 4.98 Å². The van der Waals surface area contributed by atoms with Gasteiger partial charge in [0.2, 0.25) is 0 Å². The number of hydrogen-bond acceptors (Lipinski definition) is 6. The molecule has 0 fully saturated rings. The maximum absolute atomic E-state index is 11.5. The lowest BCUT2D eigenvalue weighted by molar-refractivity contribution is -0.385. The van der Waals surface area contributed by atoms with E-state index in [2.05, 4.69) is 9.98 Å². The van der Waals surface area contributed by atoms with Gasteiger partial charge in [-0.25, -0.2) is 9.79 Å². The fourth-order valence-electron chi connectivity index (χ4n) is 1.39. The standard InChI is InChI=1S/C11H8N4O5/c16-9-2-1-7(15(19)20)3-6(9)4-12-8-5-13-11(18)14-10(8)17/h1-5,16H,(H2,13,14,17,18)/p-1. The zero-order valence-electron chi connectivity index (χ0n) is 9.82. The average molecular weight is 275 g/mol. The summed E-state index contributed by atoms with van der Waals surface area (Å²) in [6, 6.07) is 3.16. The molecule has 0 unspecified atom stereocenters. The van der Waals surface area contributed by atoms with Crippen LogP contribution < -0.4 is 16.4 Å². The Bertz CT molecular complexity index is 805. The van der Waals surface area contributed by atoms with Gasteiger partial charge in [-0.3, -0.25) is 19.9 Å². The van der Waals surface area contributed by atoms with E-state index < -0.39 is 21.9 Å². The maximum atomic E-state index is 11.5. The second-order valence-corrected chi connectivity index (χ2v) is 3.69. The highest BCUT2D eigenvalue weighted by molar-refractivity contribution is 5.85. The van der Waals surface area contributed by atoms with Crippen molar-refractivity contribution in [2.45, 2.75) is 0 Å². The molecular weight excluding hydrogens is 268 g/mol. The van der Waals surface area contributed by atoms with Crippen LogP contribution in [-0.2, 0) is 0 Å². The van der Waals surface area contributed by atoms with Gasteiger partial charge in [0.1, 0.15) is 5.69 Å². The largest absolute Gasteiger partial charge is 0.872 e. The third kappa shape index (κ3) is 2.77. The number of aliphatic imine (C=N–C) groups is 1. The topological polar surface area (TPSA) is 144 Å². The van der Waals surface area contributed by atoms with Crippen LogP contribution in [0.5, 0.6) is 5.75 Å². The quantitative estimate of drug-likeness (QED) is 0.452. The van der Waals surface area contributed by atoms with Gasteiger partial charge in [-0.2, -0.15) is 0 Å². The summed E-state index contributed by atoms with van der Waals surface area (Å²) in [6.45, 7) is 0. The number of H-pyrrole nitrogens is 2. The Balaban J connectivity index is 2.40. The van der Waals surface area contributed by atoms with Crippen molar-refractivity contribution in [1.29, 1.82) is 0 Å². The van der Waals surface area contributed by atoms with Gasteiger partial charge in [-0.05, 0) is 5.56 Å². The number of nitrogens with zero attached hydrogens (tertiary/aromatic N) is 2. The number of benzene rings is 1. The Kier molecular flexibility index (Phi) is 3.42. The van der Waals surface area contributed by atoms with Crippen molar-refractivity contribution in [3.63, 3.8) is 0 Å². The van der Waals surface area contributed by atoms with Crippen molar-refractivity contribution in [2.75, 3.05) is 0 Å². The van der Waals surface area contributed by atoms with Crippen LogP contribution in [0.2, 0.25) is 0 Å². The van der Waals surface area contributed by atoms with Gasteiger partial charge in [0.05, 0.1) is 4.92 Å². The number of rotatable bonds is 3. The van der Waals surface area contributed by atoms with E-state index in [0.29, 0.717) is 0 Å². The van der Waals surface area contributed by atoms with Gasteiger partial charge < -0.3 is 10.1 Å². The molecule has 0 aliphatic rings. The van der Waals surface area contributed by atoms with E-state index in [9.17, 15) is 24.8 Å². The first kappa shape index (κ1) is 13.2. The highest BCUT2D eigenvalue weighted by Gasteiger charge is 2.05. The lowest BCUT2D eigenvalue weighted by Gasteiger charge is -2.08. The number of aromatic amines is 2. The predicted molar refractivity (Wildman–Crippen MR) is 67.5 cm³/mol. The molecule has 9 heteroatoms. The zero-order valence-corrected chi connectivity index (χ0v) is 9.82. The molecule has 1 aromatic heterocycles. The second kappa shape index (κ2) is 5.18. The molecule has 1 aromatic carbocycles. The first-order valence-corrected chi connectivity index (χ1v) is 5.29. The van der Waals surface area contributed by atoms with E-state index >= 15 is 0 Å². The van der Waals surface area contributed by atoms with Gasteiger partial charge in [-0.15, -0.1) is 0 Å². The summed E-state index contributed by atoms with van der Waals surface area (Å²) in [5, 5.41) is 22.1. The molecule has 2 rings (SSSR count). The first-order valence-electron chi connectivity index (χ1n) is 5.29. The smallest absolute Gasteiger partial charge is 0.325 e. The molecular formula is C11H7N4O5-. The third-order valence-electron chi connectivity index (χ3n) is 2.35. The first-order chi connectivity index (χ1) is 9.47. The molecule has 0 saturated heterocycles. The Hall–Kier alpha value is -3.23. The van der Waals surface area contributed by atoms with Crippen LogP contribution in [0.1, 0.15) is 5.56 Å². The fourth-order valence-corrected chi connectivity index (χ4v) is 1.39. The minimum absolute atomic E-state index is 0.0372. The molecule has 0 aliphatic carbocycles. The third-order valence-corrected chi connectivity index (χ3v) is 2.35. The summed E-state index contributed by atoms with van der Waals surface area (Å²) in [4.78, 5) is 40.0. The molecule has 2 N–H and O–H groups in total. The van der Waals surface area contributed by atoms with Crippen LogP contribution >= 0.6 is 0 Å². The van der Waals surface area contributed by atoms with Gasteiger partial charge in [0.25, 0.3) is 11.2 Å². The second-order valence-electron chi connectivity index (χ2n) is 3.69. The number of nitro groups is 1. The molecule has 0 amide bonds. The van der Waals surface area contributed by atoms with Crippen molar-refractivity contribution in [1.82, 2.24) is 9.97 Å². The van der Waals surface area contributed by atoms with Crippen LogP contribution in [-0.4, -0.2) is 21.1 Å². The highest BCUT2D eigenvalue weighted by Crippen LogP contribution is 2.19. The number of aromatic nitrogens is 2. The molecule has 0 saturated carbocycles. The number of non-ortho nitro benzene ring substituents is 1. The van der Waals surface area contributed by atoms with Crippen molar-refractivity contribution in [2.24, 2.45) is 4.99 Å². The van der Waals surface area contributed by atoms with Crippen molar-refractivity contribution in [3.8, 4) is 5.75 Å². The molecule has 0 radical (unpaired) electrons. The molecule has 0 aliphatic heterocycles. The normalized spacial score (nSPS) is 10.8. The minimum atomic E-state index is -0.733. The van der Waals surface area contributed by atoms with Crippen LogP contribution in [0, 0.1) is 10.1 Å². The molecule has 0 atom stereocenters. The van der Waals surface area contributed by atoms with Gasteiger partial charge in [0, 0.05) is 24.5 Å². The lowest BCUT2D eigenvalue weighted by Crippen LogP contribution is -2.20. The lowest BCUT2D eigenvalue weighted by atomic mass is 10.2. The average Bonchev–Trinajstić information content (AvgIpc) is 2.39. The predicted octanol–water partition coefficient (Wildman–Crippen LogP) is -0.204. The Morgan fingerprint density at radius 2 is 2.05 bits per heavy atom.